The first-order chi connectivity index (χ1) is 13.1. The third kappa shape index (κ3) is 3.44. The minimum Gasteiger partial charge on any atom is -0.360 e. The topological polar surface area (TPSA) is 78.4 Å². The molecular weight excluding hydrogens is 342 g/mol. The highest BCUT2D eigenvalue weighted by Crippen LogP contribution is 2.22. The Bertz CT molecular complexity index is 1010. The Hall–Kier alpha value is -3.48. The van der Waals surface area contributed by atoms with Crippen LogP contribution in [0, 0.1) is 0 Å². The molecule has 4 rings (SSSR count). The van der Waals surface area contributed by atoms with Crippen LogP contribution in [0.1, 0.15) is 10.5 Å². The summed E-state index contributed by atoms with van der Waals surface area (Å²) in [5.41, 5.74) is 2.48. The van der Waals surface area contributed by atoms with Gasteiger partial charge >= 0.3 is 0 Å². The van der Waals surface area contributed by atoms with E-state index in [4.69, 9.17) is 0 Å². The molecule has 3 aromatic rings. The lowest BCUT2D eigenvalue weighted by Crippen LogP contribution is -2.48. The van der Waals surface area contributed by atoms with E-state index < -0.39 is 0 Å². The minimum atomic E-state index is -0.310. The van der Waals surface area contributed by atoms with Gasteiger partial charge < -0.3 is 15.1 Å². The van der Waals surface area contributed by atoms with Gasteiger partial charge in [0.25, 0.3) is 5.91 Å². The van der Waals surface area contributed by atoms with Gasteiger partial charge in [-0.1, -0.05) is 18.2 Å². The second kappa shape index (κ2) is 7.03. The van der Waals surface area contributed by atoms with Crippen LogP contribution in [0.4, 0.5) is 11.4 Å². The highest BCUT2D eigenvalue weighted by Gasteiger charge is 2.22. The molecular formula is C20H19N5O2. The first-order valence-electron chi connectivity index (χ1n) is 8.72. The molecule has 7 heteroatoms. The van der Waals surface area contributed by atoms with E-state index in [0.717, 1.165) is 23.1 Å². The maximum absolute atomic E-state index is 12.7. The van der Waals surface area contributed by atoms with Gasteiger partial charge in [0.05, 0.1) is 17.7 Å². The number of anilines is 2. The van der Waals surface area contributed by atoms with Crippen molar-refractivity contribution < 1.29 is 9.59 Å². The van der Waals surface area contributed by atoms with E-state index in [2.05, 4.69) is 15.3 Å². The zero-order valence-corrected chi connectivity index (χ0v) is 14.9. The van der Waals surface area contributed by atoms with E-state index >= 15 is 0 Å². The van der Waals surface area contributed by atoms with Crippen LogP contribution < -0.4 is 10.2 Å². The van der Waals surface area contributed by atoms with Crippen LogP contribution in [0.5, 0.6) is 0 Å². The Labute approximate surface area is 156 Å². The summed E-state index contributed by atoms with van der Waals surface area (Å²) < 4.78 is 0. The molecule has 2 amide bonds. The van der Waals surface area contributed by atoms with Gasteiger partial charge in [-0.15, -0.1) is 0 Å². The van der Waals surface area contributed by atoms with E-state index in [9.17, 15) is 9.59 Å². The summed E-state index contributed by atoms with van der Waals surface area (Å²) in [5.74, 6) is -0.249. The quantitative estimate of drug-likeness (QED) is 0.773. The molecule has 0 bridgehead atoms. The Morgan fingerprint density at radius 3 is 2.78 bits per heavy atom. The molecule has 7 nitrogen and oxygen atoms in total. The highest BCUT2D eigenvalue weighted by molar-refractivity contribution is 6.07. The van der Waals surface area contributed by atoms with Crippen molar-refractivity contribution in [1.29, 1.82) is 0 Å². The predicted molar refractivity (Wildman–Crippen MR) is 104 cm³/mol. The second-order valence-corrected chi connectivity index (χ2v) is 6.47. The van der Waals surface area contributed by atoms with E-state index in [0.29, 0.717) is 24.5 Å². The summed E-state index contributed by atoms with van der Waals surface area (Å²) in [6.07, 6.45) is 3.29. The van der Waals surface area contributed by atoms with Crippen molar-refractivity contribution >= 4 is 34.1 Å². The first-order valence-corrected chi connectivity index (χ1v) is 8.72. The molecule has 1 N–H and O–H groups in total. The normalized spacial score (nSPS) is 14.5. The SMILES string of the molecule is CN1CCN(c2ccnc(C(=O)Nc3cccc4cccnc34)c2)CC1=O. The Kier molecular flexibility index (Phi) is 4.42. The van der Waals surface area contributed by atoms with Crippen molar-refractivity contribution in [2.45, 2.75) is 0 Å². The molecule has 0 atom stereocenters. The van der Waals surface area contributed by atoms with Crippen molar-refractivity contribution in [2.24, 2.45) is 0 Å². The van der Waals surface area contributed by atoms with Crippen molar-refractivity contribution in [3.8, 4) is 0 Å². The van der Waals surface area contributed by atoms with Gasteiger partial charge in [0.1, 0.15) is 5.69 Å². The fourth-order valence-corrected chi connectivity index (χ4v) is 3.11. The molecule has 1 aliphatic heterocycles. The number of hydrogen-bond acceptors (Lipinski definition) is 5. The summed E-state index contributed by atoms with van der Waals surface area (Å²) in [4.78, 5) is 36.9. The minimum absolute atomic E-state index is 0.0610. The van der Waals surface area contributed by atoms with E-state index in [1.165, 1.54) is 0 Å². The molecule has 0 aliphatic carbocycles. The number of para-hydroxylation sites is 1. The lowest BCUT2D eigenvalue weighted by molar-refractivity contribution is -0.129. The summed E-state index contributed by atoms with van der Waals surface area (Å²) in [5, 5.41) is 3.84. The number of nitrogens with zero attached hydrogens (tertiary/aromatic N) is 4. The van der Waals surface area contributed by atoms with Gasteiger partial charge in [0.2, 0.25) is 5.91 Å². The Morgan fingerprint density at radius 2 is 1.93 bits per heavy atom. The third-order valence-corrected chi connectivity index (χ3v) is 4.68. The number of likely N-dealkylation sites (N-methyl/N-ethyl adjacent to an activating group) is 1. The maximum atomic E-state index is 12.7. The van der Waals surface area contributed by atoms with Gasteiger partial charge in [-0.25, -0.2) is 0 Å². The van der Waals surface area contributed by atoms with Gasteiger partial charge in [0.15, 0.2) is 0 Å². The molecule has 2 aromatic heterocycles. The summed E-state index contributed by atoms with van der Waals surface area (Å²) in [7, 11) is 1.79. The number of nitrogens with one attached hydrogen (secondary N) is 1. The van der Waals surface area contributed by atoms with Gasteiger partial charge in [-0.2, -0.15) is 0 Å². The van der Waals surface area contributed by atoms with Crippen LogP contribution in [-0.2, 0) is 4.79 Å². The number of pyridine rings is 2. The van der Waals surface area contributed by atoms with Crippen LogP contribution in [-0.4, -0.2) is 53.4 Å². The Morgan fingerprint density at radius 1 is 1.07 bits per heavy atom. The van der Waals surface area contributed by atoms with Crippen LogP contribution >= 0.6 is 0 Å². The van der Waals surface area contributed by atoms with E-state index in [1.807, 2.05) is 41.3 Å². The number of piperazine rings is 1. The summed E-state index contributed by atoms with van der Waals surface area (Å²) in [6, 6.07) is 13.0. The number of carbonyl (C=O) groups excluding carboxylic acids is 2. The van der Waals surface area contributed by atoms with Crippen molar-refractivity contribution in [1.82, 2.24) is 14.9 Å². The van der Waals surface area contributed by atoms with Gasteiger partial charge in [0, 0.05) is 43.6 Å². The predicted octanol–water partition coefficient (Wildman–Crippen LogP) is 2.16. The molecule has 136 valence electrons. The first kappa shape index (κ1) is 17.0. The van der Waals surface area contributed by atoms with Crippen molar-refractivity contribution in [3.05, 3.63) is 60.6 Å². The molecule has 0 radical (unpaired) electrons. The lowest BCUT2D eigenvalue weighted by Gasteiger charge is -2.33. The molecule has 0 spiro atoms. The average molecular weight is 361 g/mol. The van der Waals surface area contributed by atoms with Crippen LogP contribution in [0.25, 0.3) is 10.9 Å². The molecule has 1 fully saturated rings. The van der Waals surface area contributed by atoms with Crippen LogP contribution in [0.2, 0.25) is 0 Å². The zero-order valence-electron chi connectivity index (χ0n) is 14.9. The number of hydrogen-bond donors (Lipinski definition) is 1. The fraction of sp³-hybridized carbons (Fsp3) is 0.200. The largest absolute Gasteiger partial charge is 0.360 e. The number of rotatable bonds is 3. The molecule has 1 aliphatic rings. The second-order valence-electron chi connectivity index (χ2n) is 6.47. The van der Waals surface area contributed by atoms with E-state index in [-0.39, 0.29) is 11.8 Å². The molecule has 3 heterocycles. The highest BCUT2D eigenvalue weighted by atomic mass is 16.2. The maximum Gasteiger partial charge on any atom is 0.274 e. The van der Waals surface area contributed by atoms with E-state index in [1.54, 1.807) is 30.4 Å². The molecule has 0 unspecified atom stereocenters. The summed E-state index contributed by atoms with van der Waals surface area (Å²) in [6.45, 7) is 1.68. The van der Waals surface area contributed by atoms with Crippen molar-refractivity contribution in [2.75, 3.05) is 36.9 Å². The molecule has 0 saturated carbocycles. The number of amides is 2. The third-order valence-electron chi connectivity index (χ3n) is 4.68. The standard InChI is InChI=1S/C20H19N5O2/c1-24-10-11-25(13-18(24)26)15-7-9-21-17(12-15)20(27)23-16-6-2-4-14-5-3-8-22-19(14)16/h2-9,12H,10-11,13H2,1H3,(H,23,27). The monoisotopic (exact) mass is 361 g/mol. The number of fused-ring (bicyclic) bond motifs is 1. The molecule has 1 saturated heterocycles. The van der Waals surface area contributed by atoms with Crippen molar-refractivity contribution in [3.63, 3.8) is 0 Å². The number of aromatic nitrogens is 2. The van der Waals surface area contributed by atoms with Gasteiger partial charge in [-0.05, 0) is 24.3 Å². The Balaban J connectivity index is 1.57. The molecule has 1 aromatic carbocycles. The zero-order chi connectivity index (χ0) is 18.8. The van der Waals surface area contributed by atoms with Crippen LogP contribution in [0.3, 0.4) is 0 Å². The lowest BCUT2D eigenvalue weighted by atomic mass is 10.2. The number of carbonyl (C=O) groups is 2. The number of benzene rings is 1. The van der Waals surface area contributed by atoms with Crippen LogP contribution in [0.15, 0.2) is 54.9 Å². The average Bonchev–Trinajstić information content (AvgIpc) is 2.70. The molecule has 27 heavy (non-hydrogen) atoms. The fourth-order valence-electron chi connectivity index (χ4n) is 3.11. The van der Waals surface area contributed by atoms with Gasteiger partial charge in [-0.3, -0.25) is 19.6 Å². The smallest absolute Gasteiger partial charge is 0.274 e. The summed E-state index contributed by atoms with van der Waals surface area (Å²) >= 11 is 0.